The van der Waals surface area contributed by atoms with E-state index in [2.05, 4.69) is 10.3 Å². The van der Waals surface area contributed by atoms with E-state index < -0.39 is 12.1 Å². The highest BCUT2D eigenvalue weighted by molar-refractivity contribution is 5.98. The highest BCUT2D eigenvalue weighted by atomic mass is 16.7. The SMILES string of the molecule is COCOC(=O)c1cc2c(C(O)CNC(C)(C)C)ccc(O)c2[nH]1. The molecule has 1 unspecified atom stereocenters. The van der Waals surface area contributed by atoms with Crippen LogP contribution < -0.4 is 5.32 Å². The molecule has 7 nitrogen and oxygen atoms in total. The second-order valence-corrected chi connectivity index (χ2v) is 6.63. The Kier molecular flexibility index (Phi) is 5.48. The Morgan fingerprint density at radius 1 is 1.38 bits per heavy atom. The van der Waals surface area contributed by atoms with Gasteiger partial charge in [0.1, 0.15) is 11.4 Å². The molecule has 132 valence electrons. The normalized spacial score (nSPS) is 13.2. The smallest absolute Gasteiger partial charge is 0.356 e. The first kappa shape index (κ1) is 18.3. The largest absolute Gasteiger partial charge is 0.506 e. The van der Waals surface area contributed by atoms with Gasteiger partial charge < -0.3 is 30.0 Å². The molecule has 2 aromatic rings. The summed E-state index contributed by atoms with van der Waals surface area (Å²) < 4.78 is 9.59. The van der Waals surface area contributed by atoms with Crippen molar-refractivity contribution in [1.29, 1.82) is 0 Å². The lowest BCUT2D eigenvalue weighted by molar-refractivity contribution is -0.0129. The number of methoxy groups -OCH3 is 1. The summed E-state index contributed by atoms with van der Waals surface area (Å²) in [4.78, 5) is 14.8. The minimum atomic E-state index is -0.786. The summed E-state index contributed by atoms with van der Waals surface area (Å²) in [5, 5.41) is 24.3. The summed E-state index contributed by atoms with van der Waals surface area (Å²) in [5.41, 5.74) is 1.04. The first-order chi connectivity index (χ1) is 11.2. The molecule has 0 aliphatic rings. The molecular formula is C17H24N2O5. The van der Waals surface area contributed by atoms with Gasteiger partial charge in [0, 0.05) is 24.6 Å². The number of H-pyrrole nitrogens is 1. The molecule has 1 heterocycles. The Morgan fingerprint density at radius 3 is 2.71 bits per heavy atom. The number of hydrogen-bond acceptors (Lipinski definition) is 6. The van der Waals surface area contributed by atoms with E-state index in [9.17, 15) is 15.0 Å². The summed E-state index contributed by atoms with van der Waals surface area (Å²) in [6.45, 7) is 6.20. The Bertz CT molecular complexity index is 718. The van der Waals surface area contributed by atoms with Crippen molar-refractivity contribution in [1.82, 2.24) is 10.3 Å². The third kappa shape index (κ3) is 4.25. The number of hydrogen-bond donors (Lipinski definition) is 4. The van der Waals surface area contributed by atoms with Crippen molar-refractivity contribution in [2.75, 3.05) is 20.4 Å². The Morgan fingerprint density at radius 2 is 2.08 bits per heavy atom. The van der Waals surface area contributed by atoms with Crippen molar-refractivity contribution in [3.8, 4) is 5.75 Å². The second kappa shape index (κ2) is 7.21. The van der Waals surface area contributed by atoms with Crippen molar-refractivity contribution in [3.05, 3.63) is 29.5 Å². The third-order valence-corrected chi connectivity index (χ3v) is 3.52. The fourth-order valence-corrected chi connectivity index (χ4v) is 2.33. The van der Waals surface area contributed by atoms with Crippen LogP contribution in [-0.2, 0) is 9.47 Å². The first-order valence-corrected chi connectivity index (χ1v) is 7.66. The summed E-state index contributed by atoms with van der Waals surface area (Å²) >= 11 is 0. The number of aromatic nitrogens is 1. The Hall–Kier alpha value is -2.09. The Labute approximate surface area is 140 Å². The molecule has 0 saturated carbocycles. The van der Waals surface area contributed by atoms with Gasteiger partial charge in [0.2, 0.25) is 0 Å². The molecule has 0 amide bonds. The molecule has 0 aliphatic carbocycles. The lowest BCUT2D eigenvalue weighted by atomic mass is 10.0. The number of rotatable bonds is 6. The van der Waals surface area contributed by atoms with Gasteiger partial charge in [-0.05, 0) is 38.5 Å². The van der Waals surface area contributed by atoms with Gasteiger partial charge in [-0.3, -0.25) is 0 Å². The van der Waals surface area contributed by atoms with Crippen LogP contribution in [0, 0.1) is 0 Å². The fraction of sp³-hybridized carbons (Fsp3) is 0.471. The summed E-state index contributed by atoms with van der Waals surface area (Å²) in [5.74, 6) is -0.601. The van der Waals surface area contributed by atoms with Crippen molar-refractivity contribution < 1.29 is 24.5 Å². The lowest BCUT2D eigenvalue weighted by Gasteiger charge is -2.23. The average molecular weight is 336 g/mol. The standard InChI is InChI=1S/C17H24N2O5/c1-17(2,3)18-8-14(21)10-5-6-13(20)15-11(10)7-12(19-15)16(22)24-9-23-4/h5-7,14,18-21H,8-9H2,1-4H3. The maximum absolute atomic E-state index is 11.9. The quantitative estimate of drug-likeness (QED) is 0.475. The highest BCUT2D eigenvalue weighted by Gasteiger charge is 2.20. The van der Waals surface area contributed by atoms with Crippen LogP contribution in [0.2, 0.25) is 0 Å². The monoisotopic (exact) mass is 336 g/mol. The molecule has 0 bridgehead atoms. The molecular weight excluding hydrogens is 312 g/mol. The number of aromatic amines is 1. The molecule has 24 heavy (non-hydrogen) atoms. The number of benzene rings is 1. The number of ether oxygens (including phenoxy) is 2. The number of β-amino-alcohol motifs (C(OH)–C–C–N with tert-alkyl or cyclic N) is 1. The summed E-state index contributed by atoms with van der Waals surface area (Å²) in [6.07, 6.45) is -0.786. The van der Waals surface area contributed by atoms with E-state index in [0.29, 0.717) is 23.0 Å². The van der Waals surface area contributed by atoms with Gasteiger partial charge in [-0.2, -0.15) is 0 Å². The molecule has 1 atom stereocenters. The molecule has 0 saturated heterocycles. The zero-order chi connectivity index (χ0) is 17.9. The van der Waals surface area contributed by atoms with Crippen LogP contribution in [0.25, 0.3) is 10.9 Å². The zero-order valence-electron chi connectivity index (χ0n) is 14.3. The average Bonchev–Trinajstić information content (AvgIpc) is 2.96. The number of nitrogens with one attached hydrogen (secondary N) is 2. The fourth-order valence-electron chi connectivity index (χ4n) is 2.33. The molecule has 4 N–H and O–H groups in total. The predicted molar refractivity (Wildman–Crippen MR) is 90.0 cm³/mol. The number of carbonyl (C=O) groups is 1. The number of carbonyl (C=O) groups excluding carboxylic acids is 1. The van der Waals surface area contributed by atoms with Crippen LogP contribution in [0.1, 0.15) is 42.9 Å². The van der Waals surface area contributed by atoms with E-state index in [1.807, 2.05) is 20.8 Å². The molecule has 1 aromatic heterocycles. The summed E-state index contributed by atoms with van der Waals surface area (Å²) in [6, 6.07) is 4.69. The van der Waals surface area contributed by atoms with Gasteiger partial charge in [-0.15, -0.1) is 0 Å². The molecule has 1 aromatic carbocycles. The molecule has 7 heteroatoms. The molecule has 2 rings (SSSR count). The number of phenolic OH excluding ortho intramolecular Hbond substituents is 1. The topological polar surface area (TPSA) is 104 Å². The maximum atomic E-state index is 11.9. The van der Waals surface area contributed by atoms with E-state index in [1.54, 1.807) is 12.1 Å². The zero-order valence-corrected chi connectivity index (χ0v) is 14.3. The molecule has 0 aliphatic heterocycles. The lowest BCUT2D eigenvalue weighted by Crippen LogP contribution is -2.38. The summed E-state index contributed by atoms with van der Waals surface area (Å²) in [7, 11) is 1.42. The number of aliphatic hydroxyl groups excluding tert-OH is 1. The van der Waals surface area contributed by atoms with Gasteiger partial charge in [-0.25, -0.2) is 4.79 Å². The maximum Gasteiger partial charge on any atom is 0.356 e. The number of aromatic hydroxyl groups is 1. The van der Waals surface area contributed by atoms with Crippen molar-refractivity contribution >= 4 is 16.9 Å². The van der Waals surface area contributed by atoms with Gasteiger partial charge in [0.25, 0.3) is 0 Å². The third-order valence-electron chi connectivity index (χ3n) is 3.52. The second-order valence-electron chi connectivity index (χ2n) is 6.63. The van der Waals surface area contributed by atoms with Crippen LogP contribution >= 0.6 is 0 Å². The molecule has 0 fully saturated rings. The Balaban J connectivity index is 2.32. The van der Waals surface area contributed by atoms with Crippen LogP contribution in [0.5, 0.6) is 5.75 Å². The van der Waals surface area contributed by atoms with E-state index in [1.165, 1.54) is 13.2 Å². The van der Waals surface area contributed by atoms with E-state index in [0.717, 1.165) is 0 Å². The van der Waals surface area contributed by atoms with Gasteiger partial charge >= 0.3 is 5.97 Å². The first-order valence-electron chi connectivity index (χ1n) is 7.66. The minimum Gasteiger partial charge on any atom is -0.506 e. The van der Waals surface area contributed by atoms with E-state index in [-0.39, 0.29) is 23.8 Å². The van der Waals surface area contributed by atoms with Crippen LogP contribution in [0.15, 0.2) is 18.2 Å². The van der Waals surface area contributed by atoms with Gasteiger partial charge in [0.05, 0.1) is 11.6 Å². The minimum absolute atomic E-state index is 0.00415. The molecule has 0 radical (unpaired) electrons. The van der Waals surface area contributed by atoms with Crippen LogP contribution in [-0.4, -0.2) is 47.2 Å². The number of phenols is 1. The van der Waals surface area contributed by atoms with Crippen LogP contribution in [0.4, 0.5) is 0 Å². The number of aliphatic hydroxyl groups is 1. The van der Waals surface area contributed by atoms with Crippen molar-refractivity contribution in [2.45, 2.75) is 32.4 Å². The van der Waals surface area contributed by atoms with Crippen molar-refractivity contribution in [3.63, 3.8) is 0 Å². The predicted octanol–water partition coefficient (Wildman–Crippen LogP) is 2.06. The van der Waals surface area contributed by atoms with Gasteiger partial charge in [-0.1, -0.05) is 6.07 Å². The number of esters is 1. The highest BCUT2D eigenvalue weighted by Crippen LogP contribution is 2.31. The van der Waals surface area contributed by atoms with E-state index in [4.69, 9.17) is 9.47 Å². The van der Waals surface area contributed by atoms with Crippen LogP contribution in [0.3, 0.4) is 0 Å². The van der Waals surface area contributed by atoms with Gasteiger partial charge in [0.15, 0.2) is 6.79 Å². The van der Waals surface area contributed by atoms with Crippen molar-refractivity contribution in [2.24, 2.45) is 0 Å². The molecule has 0 spiro atoms. The van der Waals surface area contributed by atoms with E-state index >= 15 is 0 Å². The number of fused-ring (bicyclic) bond motifs is 1.